The van der Waals surface area contributed by atoms with E-state index >= 15 is 0 Å². The van der Waals surface area contributed by atoms with Crippen molar-refractivity contribution in [3.63, 3.8) is 0 Å². The molecule has 0 bridgehead atoms. The van der Waals surface area contributed by atoms with Gasteiger partial charge in [0, 0.05) is 0 Å². The summed E-state index contributed by atoms with van der Waals surface area (Å²) in [5, 5.41) is 15.6. The van der Waals surface area contributed by atoms with Gasteiger partial charge >= 0.3 is 0 Å². The molecule has 7 heteroatoms. The number of nitrogens with zero attached hydrogens (tertiary/aromatic N) is 3. The van der Waals surface area contributed by atoms with E-state index in [0.29, 0.717) is 18.1 Å². The highest BCUT2D eigenvalue weighted by atomic mass is 16.3. The second-order valence-corrected chi connectivity index (χ2v) is 2.86. The van der Waals surface area contributed by atoms with E-state index in [1.165, 1.54) is 0 Å². The van der Waals surface area contributed by atoms with Crippen molar-refractivity contribution in [2.75, 3.05) is 0 Å². The molecule has 2 heterocycles. The van der Waals surface area contributed by atoms with E-state index in [0.717, 1.165) is 0 Å². The van der Waals surface area contributed by atoms with E-state index in [1.54, 1.807) is 18.4 Å². The molecule has 7 nitrogen and oxygen atoms in total. The van der Waals surface area contributed by atoms with Crippen molar-refractivity contribution in [1.82, 2.24) is 25.9 Å². The van der Waals surface area contributed by atoms with Crippen molar-refractivity contribution in [3.05, 3.63) is 30.0 Å². The van der Waals surface area contributed by atoms with Crippen molar-refractivity contribution in [1.29, 1.82) is 0 Å². The third kappa shape index (κ3) is 2.63. The molecule has 0 spiro atoms. The number of H-pyrrole nitrogens is 1. The number of hydrogen-bond donors (Lipinski definition) is 2. The third-order valence-electron chi connectivity index (χ3n) is 1.75. The predicted octanol–water partition coefficient (Wildman–Crippen LogP) is -0.348. The molecule has 0 aliphatic carbocycles. The molecular formula is C8H9N5O2. The first-order chi connectivity index (χ1) is 7.34. The summed E-state index contributed by atoms with van der Waals surface area (Å²) in [6, 6.07) is 3.55. The summed E-state index contributed by atoms with van der Waals surface area (Å²) in [4.78, 5) is 11.3. The van der Waals surface area contributed by atoms with E-state index in [1.807, 2.05) is 0 Å². The van der Waals surface area contributed by atoms with Crippen LogP contribution < -0.4 is 5.32 Å². The summed E-state index contributed by atoms with van der Waals surface area (Å²) >= 11 is 0. The van der Waals surface area contributed by atoms with E-state index < -0.39 is 0 Å². The number of aromatic amines is 1. The summed E-state index contributed by atoms with van der Waals surface area (Å²) in [7, 11) is 0. The van der Waals surface area contributed by atoms with Crippen molar-refractivity contribution < 1.29 is 9.21 Å². The number of hydrogen-bond acceptors (Lipinski definition) is 5. The molecule has 0 radical (unpaired) electrons. The minimum absolute atomic E-state index is 0.108. The standard InChI is InChI=1S/C8H9N5O2/c14-8(4-7-10-12-13-11-7)9-5-6-2-1-3-15-6/h1-3H,4-5H2,(H,9,14)(H,10,11,12,13). The van der Waals surface area contributed by atoms with E-state index in [9.17, 15) is 4.79 Å². The second-order valence-electron chi connectivity index (χ2n) is 2.86. The summed E-state index contributed by atoms with van der Waals surface area (Å²) in [5.74, 6) is 0.899. The Hall–Kier alpha value is -2.18. The van der Waals surface area contributed by atoms with Crippen molar-refractivity contribution in [2.24, 2.45) is 0 Å². The molecule has 0 saturated heterocycles. The Morgan fingerprint density at radius 3 is 3.20 bits per heavy atom. The normalized spacial score (nSPS) is 10.1. The molecule has 78 valence electrons. The molecule has 2 aromatic rings. The van der Waals surface area contributed by atoms with Crippen LogP contribution in [0.2, 0.25) is 0 Å². The lowest BCUT2D eigenvalue weighted by Crippen LogP contribution is -2.24. The van der Waals surface area contributed by atoms with Gasteiger partial charge in [0.1, 0.15) is 5.76 Å². The van der Waals surface area contributed by atoms with Gasteiger partial charge in [-0.3, -0.25) is 4.79 Å². The Balaban J connectivity index is 1.78. The predicted molar refractivity (Wildman–Crippen MR) is 48.4 cm³/mol. The fourth-order valence-electron chi connectivity index (χ4n) is 1.06. The summed E-state index contributed by atoms with van der Waals surface area (Å²) < 4.78 is 5.05. The third-order valence-corrected chi connectivity index (χ3v) is 1.75. The Morgan fingerprint density at radius 2 is 2.53 bits per heavy atom. The first kappa shape index (κ1) is 9.38. The molecule has 0 unspecified atom stereocenters. The molecule has 2 N–H and O–H groups in total. The maximum atomic E-state index is 11.3. The van der Waals surface area contributed by atoms with Crippen LogP contribution in [0.5, 0.6) is 0 Å². The highest BCUT2D eigenvalue weighted by Gasteiger charge is 2.07. The molecule has 0 aliphatic heterocycles. The van der Waals surface area contributed by atoms with Crippen LogP contribution in [-0.2, 0) is 17.8 Å². The fourth-order valence-corrected chi connectivity index (χ4v) is 1.06. The number of furan rings is 1. The molecule has 0 aliphatic rings. The van der Waals surface area contributed by atoms with E-state index in [4.69, 9.17) is 4.42 Å². The zero-order valence-corrected chi connectivity index (χ0v) is 7.80. The maximum absolute atomic E-state index is 11.3. The summed E-state index contributed by atoms with van der Waals surface area (Å²) in [5.41, 5.74) is 0. The number of carbonyl (C=O) groups is 1. The van der Waals surface area contributed by atoms with Crippen LogP contribution >= 0.6 is 0 Å². The van der Waals surface area contributed by atoms with Gasteiger partial charge in [-0.05, 0) is 12.1 Å². The van der Waals surface area contributed by atoms with Crippen molar-refractivity contribution in [2.45, 2.75) is 13.0 Å². The van der Waals surface area contributed by atoms with Gasteiger partial charge in [-0.1, -0.05) is 5.21 Å². The molecule has 0 saturated carbocycles. The molecule has 2 rings (SSSR count). The lowest BCUT2D eigenvalue weighted by atomic mass is 10.3. The monoisotopic (exact) mass is 207 g/mol. The fraction of sp³-hybridized carbons (Fsp3) is 0.250. The van der Waals surface area contributed by atoms with Crippen LogP contribution in [0.3, 0.4) is 0 Å². The SMILES string of the molecule is O=C(Cc1nn[nH]n1)NCc1ccco1. The number of amides is 1. The minimum Gasteiger partial charge on any atom is -0.467 e. The summed E-state index contributed by atoms with van der Waals surface area (Å²) in [6.45, 7) is 0.365. The average Bonchev–Trinajstić information content (AvgIpc) is 2.86. The van der Waals surface area contributed by atoms with E-state index in [2.05, 4.69) is 25.9 Å². The van der Waals surface area contributed by atoms with Gasteiger partial charge in [0.2, 0.25) is 5.91 Å². The van der Waals surface area contributed by atoms with Gasteiger partial charge in [0.25, 0.3) is 0 Å². The Kier molecular flexibility index (Phi) is 2.72. The highest BCUT2D eigenvalue weighted by Crippen LogP contribution is 1.98. The number of carbonyl (C=O) groups excluding carboxylic acids is 1. The van der Waals surface area contributed by atoms with Gasteiger partial charge in [-0.25, -0.2) is 0 Å². The zero-order chi connectivity index (χ0) is 10.5. The number of tetrazole rings is 1. The molecule has 0 aromatic carbocycles. The largest absolute Gasteiger partial charge is 0.467 e. The molecular weight excluding hydrogens is 198 g/mol. The lowest BCUT2D eigenvalue weighted by molar-refractivity contribution is -0.120. The molecule has 0 fully saturated rings. The quantitative estimate of drug-likeness (QED) is 0.714. The zero-order valence-electron chi connectivity index (χ0n) is 7.80. The summed E-state index contributed by atoms with van der Waals surface area (Å²) in [6.07, 6.45) is 1.66. The van der Waals surface area contributed by atoms with Crippen LogP contribution in [0, 0.1) is 0 Å². The average molecular weight is 207 g/mol. The first-order valence-electron chi connectivity index (χ1n) is 4.36. The van der Waals surface area contributed by atoms with Crippen LogP contribution in [0.25, 0.3) is 0 Å². The highest BCUT2D eigenvalue weighted by molar-refractivity contribution is 5.77. The Morgan fingerprint density at radius 1 is 1.60 bits per heavy atom. The molecule has 0 atom stereocenters. The first-order valence-corrected chi connectivity index (χ1v) is 4.36. The van der Waals surface area contributed by atoms with Crippen LogP contribution in [0.1, 0.15) is 11.6 Å². The lowest BCUT2D eigenvalue weighted by Gasteiger charge is -1.99. The molecule has 2 aromatic heterocycles. The van der Waals surface area contributed by atoms with Gasteiger partial charge in [0.15, 0.2) is 5.82 Å². The second kappa shape index (κ2) is 4.36. The Bertz CT molecular complexity index is 408. The topological polar surface area (TPSA) is 96.7 Å². The van der Waals surface area contributed by atoms with Crippen LogP contribution in [-0.4, -0.2) is 26.5 Å². The Labute approximate surface area is 84.9 Å². The van der Waals surface area contributed by atoms with Gasteiger partial charge in [-0.2, -0.15) is 5.21 Å². The smallest absolute Gasteiger partial charge is 0.228 e. The van der Waals surface area contributed by atoms with Crippen LogP contribution in [0.4, 0.5) is 0 Å². The van der Waals surface area contributed by atoms with Gasteiger partial charge in [0.05, 0.1) is 19.2 Å². The number of nitrogens with one attached hydrogen (secondary N) is 2. The number of rotatable bonds is 4. The number of aromatic nitrogens is 4. The minimum atomic E-state index is -0.173. The molecule has 15 heavy (non-hydrogen) atoms. The van der Waals surface area contributed by atoms with Crippen molar-refractivity contribution >= 4 is 5.91 Å². The van der Waals surface area contributed by atoms with Crippen molar-refractivity contribution in [3.8, 4) is 0 Å². The maximum Gasteiger partial charge on any atom is 0.228 e. The van der Waals surface area contributed by atoms with Gasteiger partial charge < -0.3 is 9.73 Å². The molecule has 1 amide bonds. The van der Waals surface area contributed by atoms with Gasteiger partial charge in [-0.15, -0.1) is 10.2 Å². The van der Waals surface area contributed by atoms with Crippen LogP contribution in [0.15, 0.2) is 22.8 Å². The van der Waals surface area contributed by atoms with E-state index in [-0.39, 0.29) is 12.3 Å².